The Bertz CT molecular complexity index is 917. The normalized spacial score (nSPS) is 32.6. The number of benzene rings is 1. The van der Waals surface area contributed by atoms with Crippen molar-refractivity contribution in [3.63, 3.8) is 0 Å². The lowest BCUT2D eigenvalue weighted by Gasteiger charge is -2.42. The summed E-state index contributed by atoms with van der Waals surface area (Å²) in [5, 5.41) is 4.84. The van der Waals surface area contributed by atoms with Crippen LogP contribution in [-0.2, 0) is 9.59 Å². The molecule has 4 nitrogen and oxygen atoms in total. The van der Waals surface area contributed by atoms with Crippen LogP contribution in [-0.4, -0.2) is 42.8 Å². The Morgan fingerprint density at radius 1 is 1.15 bits per heavy atom. The molecule has 4 heteroatoms. The first-order valence-corrected chi connectivity index (χ1v) is 10.5. The van der Waals surface area contributed by atoms with Crippen molar-refractivity contribution in [1.82, 2.24) is 10.2 Å². The number of carbonyl (C=O) groups excluding carboxylic acids is 2. The molecule has 3 atom stereocenters. The first-order chi connectivity index (χ1) is 13.1. The van der Waals surface area contributed by atoms with E-state index in [-0.39, 0.29) is 17.7 Å². The summed E-state index contributed by atoms with van der Waals surface area (Å²) in [6, 6.07) is 8.74. The Hall–Kier alpha value is -1.94. The molecule has 0 bridgehead atoms. The van der Waals surface area contributed by atoms with Crippen molar-refractivity contribution < 1.29 is 9.59 Å². The minimum atomic E-state index is -0.441. The van der Waals surface area contributed by atoms with Gasteiger partial charge >= 0.3 is 0 Å². The molecule has 1 aromatic carbocycles. The molecule has 5 rings (SSSR count). The maximum atomic E-state index is 13.7. The number of rotatable bonds is 4. The van der Waals surface area contributed by atoms with Gasteiger partial charge in [0, 0.05) is 37.0 Å². The fourth-order valence-corrected chi connectivity index (χ4v) is 5.57. The SMILES string of the molecule is CNC(=O)C1=c2ccccc2=CC2(C(=O)C3CCCN(C4CCC4)C3)CC12. The predicted octanol–water partition coefficient (Wildman–Crippen LogP) is 1.22. The molecular formula is C23H28N2O2. The van der Waals surface area contributed by atoms with Crippen LogP contribution in [0, 0.1) is 17.3 Å². The lowest BCUT2D eigenvalue weighted by Crippen LogP contribution is -2.49. The minimum absolute atomic E-state index is 0.0324. The summed E-state index contributed by atoms with van der Waals surface area (Å²) in [6.07, 6.45) is 9.02. The highest BCUT2D eigenvalue weighted by Crippen LogP contribution is 2.61. The van der Waals surface area contributed by atoms with Crippen LogP contribution in [0.1, 0.15) is 38.5 Å². The smallest absolute Gasteiger partial charge is 0.247 e. The van der Waals surface area contributed by atoms with Gasteiger partial charge < -0.3 is 5.32 Å². The molecule has 3 aliphatic carbocycles. The third kappa shape index (κ3) is 2.60. The molecule has 4 aliphatic rings. The van der Waals surface area contributed by atoms with Crippen molar-refractivity contribution in [3.8, 4) is 0 Å². The highest BCUT2D eigenvalue weighted by Gasteiger charge is 2.62. The summed E-state index contributed by atoms with van der Waals surface area (Å²) in [6.45, 7) is 2.07. The van der Waals surface area contributed by atoms with E-state index in [4.69, 9.17) is 0 Å². The number of hydrogen-bond donors (Lipinski definition) is 1. The highest BCUT2D eigenvalue weighted by atomic mass is 16.2. The molecule has 1 amide bonds. The highest BCUT2D eigenvalue weighted by molar-refractivity contribution is 6.18. The Balaban J connectivity index is 1.47. The Kier molecular flexibility index (Phi) is 4.01. The molecule has 142 valence electrons. The van der Waals surface area contributed by atoms with Gasteiger partial charge in [0.15, 0.2) is 0 Å². The van der Waals surface area contributed by atoms with Gasteiger partial charge in [-0.2, -0.15) is 0 Å². The van der Waals surface area contributed by atoms with Crippen molar-refractivity contribution in [2.75, 3.05) is 20.1 Å². The van der Waals surface area contributed by atoms with E-state index in [1.807, 2.05) is 24.3 Å². The first kappa shape index (κ1) is 17.2. The molecule has 0 aromatic heterocycles. The van der Waals surface area contributed by atoms with Gasteiger partial charge in [-0.05, 0) is 49.1 Å². The summed E-state index contributed by atoms with van der Waals surface area (Å²) in [4.78, 5) is 28.8. The van der Waals surface area contributed by atoms with E-state index in [0.29, 0.717) is 11.8 Å². The molecule has 27 heavy (non-hydrogen) atoms. The zero-order chi connectivity index (χ0) is 18.6. The van der Waals surface area contributed by atoms with E-state index in [1.165, 1.54) is 19.3 Å². The van der Waals surface area contributed by atoms with Gasteiger partial charge in [0.2, 0.25) is 5.91 Å². The summed E-state index contributed by atoms with van der Waals surface area (Å²) >= 11 is 0. The molecule has 3 unspecified atom stereocenters. The van der Waals surface area contributed by atoms with Gasteiger partial charge in [0.1, 0.15) is 5.78 Å². The lowest BCUT2D eigenvalue weighted by molar-refractivity contribution is -0.128. The molecule has 0 radical (unpaired) electrons. The number of nitrogens with one attached hydrogen (secondary N) is 1. The standard InChI is InChI=1S/C23H28N2O2/c1-24-22(27)20-18-10-3-2-6-15(18)12-23(13-19(20)23)21(26)16-7-5-11-25(14-16)17-8-4-9-17/h2-3,6,10,12,16-17,19H,4-5,7-9,11,13-14H2,1H3,(H,24,27). The van der Waals surface area contributed by atoms with E-state index in [1.54, 1.807) is 7.05 Å². The van der Waals surface area contributed by atoms with Crippen LogP contribution in [0.25, 0.3) is 11.6 Å². The van der Waals surface area contributed by atoms with Crippen molar-refractivity contribution in [2.45, 2.75) is 44.6 Å². The number of nitrogens with zero attached hydrogens (tertiary/aromatic N) is 1. The number of piperidine rings is 1. The summed E-state index contributed by atoms with van der Waals surface area (Å²) in [5.74, 6) is 0.526. The second-order valence-corrected chi connectivity index (χ2v) is 8.80. The van der Waals surface area contributed by atoms with E-state index in [2.05, 4.69) is 16.3 Å². The van der Waals surface area contributed by atoms with Gasteiger partial charge in [-0.3, -0.25) is 14.5 Å². The monoisotopic (exact) mass is 364 g/mol. The van der Waals surface area contributed by atoms with E-state index < -0.39 is 5.41 Å². The van der Waals surface area contributed by atoms with Crippen LogP contribution in [0.4, 0.5) is 0 Å². The number of fused-ring (bicyclic) bond motifs is 2. The van der Waals surface area contributed by atoms with E-state index in [9.17, 15) is 9.59 Å². The maximum absolute atomic E-state index is 13.7. The van der Waals surface area contributed by atoms with Crippen molar-refractivity contribution in [3.05, 3.63) is 34.7 Å². The Morgan fingerprint density at radius 3 is 2.70 bits per heavy atom. The molecular weight excluding hydrogens is 336 g/mol. The van der Waals surface area contributed by atoms with Gasteiger partial charge in [0.25, 0.3) is 0 Å². The number of hydrogen-bond acceptors (Lipinski definition) is 3. The number of Topliss-reactive ketones (excluding diaryl/α,β-unsaturated/α-hetero) is 1. The van der Waals surface area contributed by atoms with Crippen molar-refractivity contribution in [1.29, 1.82) is 0 Å². The summed E-state index contributed by atoms with van der Waals surface area (Å²) in [5.41, 5.74) is 0.374. The number of carbonyl (C=O) groups is 2. The average Bonchev–Trinajstić information content (AvgIpc) is 3.38. The fourth-order valence-electron chi connectivity index (χ4n) is 5.57. The average molecular weight is 364 g/mol. The van der Waals surface area contributed by atoms with Gasteiger partial charge in [-0.15, -0.1) is 0 Å². The lowest BCUT2D eigenvalue weighted by atomic mass is 9.78. The largest absolute Gasteiger partial charge is 0.355 e. The van der Waals surface area contributed by atoms with Gasteiger partial charge in [-0.25, -0.2) is 0 Å². The third-order valence-corrected chi connectivity index (χ3v) is 7.36. The number of amides is 1. The van der Waals surface area contributed by atoms with Crippen molar-refractivity contribution >= 4 is 23.3 Å². The number of ketones is 1. The third-order valence-electron chi connectivity index (χ3n) is 7.36. The topological polar surface area (TPSA) is 49.4 Å². The fraction of sp³-hybridized carbons (Fsp3) is 0.565. The van der Waals surface area contributed by atoms with E-state index >= 15 is 0 Å². The van der Waals surface area contributed by atoms with Crippen LogP contribution in [0.15, 0.2) is 24.3 Å². The Labute approximate surface area is 160 Å². The summed E-state index contributed by atoms with van der Waals surface area (Å²) in [7, 11) is 1.68. The molecule has 2 saturated carbocycles. The molecule has 1 N–H and O–H groups in total. The molecule has 0 spiro atoms. The van der Waals surface area contributed by atoms with Crippen LogP contribution >= 0.6 is 0 Å². The second kappa shape index (κ2) is 6.30. The summed E-state index contributed by atoms with van der Waals surface area (Å²) < 4.78 is 0. The van der Waals surface area contributed by atoms with Crippen LogP contribution in [0.3, 0.4) is 0 Å². The van der Waals surface area contributed by atoms with Crippen LogP contribution < -0.4 is 15.8 Å². The van der Waals surface area contributed by atoms with Crippen LogP contribution in [0.2, 0.25) is 0 Å². The predicted molar refractivity (Wildman–Crippen MR) is 105 cm³/mol. The van der Waals surface area contributed by atoms with E-state index in [0.717, 1.165) is 48.4 Å². The molecule has 1 saturated heterocycles. The van der Waals surface area contributed by atoms with Crippen molar-refractivity contribution in [2.24, 2.45) is 17.3 Å². The molecule has 1 aromatic rings. The molecule has 3 fully saturated rings. The second-order valence-electron chi connectivity index (χ2n) is 8.80. The molecule has 1 heterocycles. The zero-order valence-electron chi connectivity index (χ0n) is 16.0. The Morgan fingerprint density at radius 2 is 1.96 bits per heavy atom. The maximum Gasteiger partial charge on any atom is 0.247 e. The van der Waals surface area contributed by atoms with Crippen LogP contribution in [0.5, 0.6) is 0 Å². The molecule has 1 aliphatic heterocycles. The minimum Gasteiger partial charge on any atom is -0.355 e. The quantitative estimate of drug-likeness (QED) is 0.874. The van der Waals surface area contributed by atoms with Gasteiger partial charge in [-0.1, -0.05) is 36.8 Å². The number of likely N-dealkylation sites (tertiary alicyclic amines) is 1. The van der Waals surface area contributed by atoms with Gasteiger partial charge in [0.05, 0.1) is 5.41 Å². The first-order valence-electron chi connectivity index (χ1n) is 10.5. The zero-order valence-corrected chi connectivity index (χ0v) is 16.0.